The molecule has 0 bridgehead atoms. The normalized spacial score (nSPS) is 18.0. The minimum absolute atomic E-state index is 0.182. The number of rotatable bonds is 12. The molecule has 0 spiro atoms. The van der Waals surface area contributed by atoms with E-state index in [9.17, 15) is 9.59 Å². The SMILES string of the molecule is CCC(=O)N(Cc1ccccc1)C(C(=O)N[C@@]1(c2ccccc2)C(=O)N(CC(=O)OC(C)(C)C)C(c2ccccc2)=C[C@H]1c1ccccc1)C(C)C. The summed E-state index contributed by atoms with van der Waals surface area (Å²) in [5, 5.41) is 3.28. The molecule has 8 nitrogen and oxygen atoms in total. The highest BCUT2D eigenvalue weighted by atomic mass is 16.6. The molecule has 52 heavy (non-hydrogen) atoms. The third-order valence-corrected chi connectivity index (χ3v) is 9.20. The highest BCUT2D eigenvalue weighted by molar-refractivity contribution is 6.03. The van der Waals surface area contributed by atoms with Crippen LogP contribution in [0.1, 0.15) is 76.1 Å². The van der Waals surface area contributed by atoms with Gasteiger partial charge >= 0.3 is 5.97 Å². The van der Waals surface area contributed by atoms with Gasteiger partial charge in [-0.25, -0.2) is 0 Å². The smallest absolute Gasteiger partial charge is 0.326 e. The number of nitrogens with zero attached hydrogens (tertiary/aromatic N) is 2. The fourth-order valence-corrected chi connectivity index (χ4v) is 6.96. The molecule has 3 atom stereocenters. The zero-order valence-corrected chi connectivity index (χ0v) is 30.9. The average molecular weight is 700 g/mol. The van der Waals surface area contributed by atoms with Crippen LogP contribution in [-0.2, 0) is 36.0 Å². The first-order valence-electron chi connectivity index (χ1n) is 17.9. The van der Waals surface area contributed by atoms with Crippen molar-refractivity contribution in [2.75, 3.05) is 6.54 Å². The Kier molecular flexibility index (Phi) is 11.8. The number of carbonyl (C=O) groups is 4. The molecule has 1 heterocycles. The van der Waals surface area contributed by atoms with E-state index in [1.54, 1.807) is 32.6 Å². The van der Waals surface area contributed by atoms with Crippen LogP contribution in [0.15, 0.2) is 127 Å². The van der Waals surface area contributed by atoms with Gasteiger partial charge < -0.3 is 15.0 Å². The van der Waals surface area contributed by atoms with Crippen molar-refractivity contribution in [3.63, 3.8) is 0 Å². The Morgan fingerprint density at radius 3 is 1.90 bits per heavy atom. The van der Waals surface area contributed by atoms with Gasteiger partial charge in [-0.1, -0.05) is 142 Å². The van der Waals surface area contributed by atoms with Gasteiger partial charge in [-0.05, 0) is 55.0 Å². The molecule has 5 rings (SSSR count). The van der Waals surface area contributed by atoms with E-state index >= 15 is 9.59 Å². The maximum atomic E-state index is 15.7. The van der Waals surface area contributed by atoms with Gasteiger partial charge in [-0.15, -0.1) is 0 Å². The van der Waals surface area contributed by atoms with Crippen molar-refractivity contribution in [2.24, 2.45) is 5.92 Å². The standard InChI is InChI=1S/C44H49N3O5/c1-7-38(48)47(29-32-20-12-8-13-21-32)40(31(2)3)41(50)45-44(35-26-18-11-19-27-35)36(33-22-14-9-15-23-33)28-37(34-24-16-10-17-25-34)46(42(44)51)30-39(49)52-43(4,5)6/h8-28,31,36,40H,7,29-30H2,1-6H3,(H,45,50)/t36-,40?,44+/m0/s1. The zero-order chi connectivity index (χ0) is 37.5. The van der Waals surface area contributed by atoms with Crippen molar-refractivity contribution in [3.8, 4) is 0 Å². The summed E-state index contributed by atoms with van der Waals surface area (Å²) in [5.41, 5.74) is 0.962. The summed E-state index contributed by atoms with van der Waals surface area (Å²) in [6, 6.07) is 36.8. The predicted octanol–water partition coefficient (Wildman–Crippen LogP) is 7.47. The number of benzene rings is 4. The Morgan fingerprint density at radius 1 is 0.827 bits per heavy atom. The molecule has 0 saturated carbocycles. The molecule has 3 amide bonds. The van der Waals surface area contributed by atoms with Crippen LogP contribution in [-0.4, -0.2) is 51.7 Å². The fourth-order valence-electron chi connectivity index (χ4n) is 6.96. The first-order valence-corrected chi connectivity index (χ1v) is 17.9. The summed E-state index contributed by atoms with van der Waals surface area (Å²) in [6.07, 6.45) is 2.17. The minimum atomic E-state index is -1.72. The van der Waals surface area contributed by atoms with Gasteiger partial charge in [0.05, 0.1) is 0 Å². The van der Waals surface area contributed by atoms with Crippen LogP contribution >= 0.6 is 0 Å². The van der Waals surface area contributed by atoms with Crippen LogP contribution in [0.3, 0.4) is 0 Å². The van der Waals surface area contributed by atoms with Crippen LogP contribution in [0.25, 0.3) is 5.70 Å². The molecule has 0 fully saturated rings. The van der Waals surface area contributed by atoms with Crippen molar-refractivity contribution in [2.45, 2.75) is 77.6 Å². The molecule has 1 N–H and O–H groups in total. The molecule has 1 unspecified atom stereocenters. The highest BCUT2D eigenvalue weighted by Crippen LogP contribution is 2.47. The van der Waals surface area contributed by atoms with Gasteiger partial charge in [0, 0.05) is 24.6 Å². The van der Waals surface area contributed by atoms with Gasteiger partial charge in [0.15, 0.2) is 5.54 Å². The Balaban J connectivity index is 1.74. The summed E-state index contributed by atoms with van der Waals surface area (Å²) < 4.78 is 5.74. The number of carbonyl (C=O) groups excluding carboxylic acids is 4. The summed E-state index contributed by atoms with van der Waals surface area (Å²) >= 11 is 0. The van der Waals surface area contributed by atoms with Crippen molar-refractivity contribution < 1.29 is 23.9 Å². The van der Waals surface area contributed by atoms with E-state index < -0.39 is 40.9 Å². The Labute approximate surface area is 307 Å². The third kappa shape index (κ3) is 8.34. The molecule has 0 aromatic heterocycles. The summed E-state index contributed by atoms with van der Waals surface area (Å²) in [6.45, 7) is 10.8. The summed E-state index contributed by atoms with van der Waals surface area (Å²) in [5.74, 6) is -2.76. The number of esters is 1. The van der Waals surface area contributed by atoms with Crippen LogP contribution in [0, 0.1) is 5.92 Å². The van der Waals surface area contributed by atoms with Crippen molar-refractivity contribution in [1.29, 1.82) is 0 Å². The molecule has 0 radical (unpaired) electrons. The van der Waals surface area contributed by atoms with Crippen molar-refractivity contribution in [3.05, 3.63) is 150 Å². The van der Waals surface area contributed by atoms with E-state index in [1.165, 1.54) is 4.90 Å². The highest BCUT2D eigenvalue weighted by Gasteiger charge is 2.55. The summed E-state index contributed by atoms with van der Waals surface area (Å²) in [4.78, 5) is 61.0. The molecule has 270 valence electrons. The second-order valence-electron chi connectivity index (χ2n) is 14.5. The Hall–Kier alpha value is -5.50. The lowest BCUT2D eigenvalue weighted by Gasteiger charge is -2.48. The monoisotopic (exact) mass is 699 g/mol. The predicted molar refractivity (Wildman–Crippen MR) is 203 cm³/mol. The van der Waals surface area contributed by atoms with Gasteiger partial charge in [-0.3, -0.25) is 24.1 Å². The topological polar surface area (TPSA) is 96.0 Å². The van der Waals surface area contributed by atoms with E-state index in [0.29, 0.717) is 11.3 Å². The number of nitrogens with one attached hydrogen (secondary N) is 1. The average Bonchev–Trinajstić information content (AvgIpc) is 3.13. The number of hydrogen-bond donors (Lipinski definition) is 1. The number of hydrogen-bond acceptors (Lipinski definition) is 5. The second kappa shape index (κ2) is 16.2. The maximum Gasteiger partial charge on any atom is 0.326 e. The first kappa shape index (κ1) is 37.7. The second-order valence-corrected chi connectivity index (χ2v) is 14.5. The molecule has 0 aliphatic carbocycles. The lowest BCUT2D eigenvalue weighted by molar-refractivity contribution is -0.159. The quantitative estimate of drug-likeness (QED) is 0.155. The van der Waals surface area contributed by atoms with Crippen molar-refractivity contribution in [1.82, 2.24) is 15.1 Å². The Bertz CT molecular complexity index is 1870. The molecular formula is C44H49N3O5. The molecule has 4 aromatic carbocycles. The van der Waals surface area contributed by atoms with Gasteiger partial charge in [0.1, 0.15) is 18.2 Å². The molecule has 4 aromatic rings. The number of ether oxygens (including phenoxy) is 1. The van der Waals surface area contributed by atoms with E-state index in [1.807, 2.05) is 141 Å². The van der Waals surface area contributed by atoms with E-state index in [-0.39, 0.29) is 31.3 Å². The van der Waals surface area contributed by atoms with Crippen LogP contribution in [0.5, 0.6) is 0 Å². The number of amides is 3. The van der Waals surface area contributed by atoms with Crippen molar-refractivity contribution >= 4 is 29.4 Å². The van der Waals surface area contributed by atoms with E-state index in [4.69, 9.17) is 4.74 Å². The van der Waals surface area contributed by atoms with Gasteiger partial charge in [-0.2, -0.15) is 0 Å². The molecule has 1 aliphatic heterocycles. The van der Waals surface area contributed by atoms with E-state index in [0.717, 1.165) is 16.7 Å². The van der Waals surface area contributed by atoms with E-state index in [2.05, 4.69) is 5.32 Å². The van der Waals surface area contributed by atoms with Gasteiger partial charge in [0.2, 0.25) is 11.8 Å². The van der Waals surface area contributed by atoms with Crippen LogP contribution in [0.4, 0.5) is 0 Å². The van der Waals surface area contributed by atoms with Gasteiger partial charge in [0.25, 0.3) is 5.91 Å². The molecule has 0 saturated heterocycles. The maximum absolute atomic E-state index is 15.7. The molecule has 8 heteroatoms. The lowest BCUT2D eigenvalue weighted by Crippen LogP contribution is -2.65. The fraction of sp³-hybridized carbons (Fsp3) is 0.318. The molecular weight excluding hydrogens is 650 g/mol. The first-order chi connectivity index (χ1) is 24.9. The Morgan fingerprint density at radius 2 is 1.37 bits per heavy atom. The lowest BCUT2D eigenvalue weighted by atomic mass is 9.70. The minimum Gasteiger partial charge on any atom is -0.459 e. The molecule has 1 aliphatic rings. The van der Waals surface area contributed by atoms with Crippen LogP contribution < -0.4 is 5.32 Å². The zero-order valence-electron chi connectivity index (χ0n) is 30.9. The third-order valence-electron chi connectivity index (χ3n) is 9.20. The largest absolute Gasteiger partial charge is 0.459 e. The summed E-state index contributed by atoms with van der Waals surface area (Å²) in [7, 11) is 0. The van der Waals surface area contributed by atoms with Crippen LogP contribution in [0.2, 0.25) is 0 Å².